The van der Waals surface area contributed by atoms with Crippen molar-refractivity contribution in [3.05, 3.63) is 0 Å². The molecular weight excluding hydrogens is 176 g/mol. The maximum Gasteiger partial charge on any atom is 0.0986 e. The molecule has 2 saturated carbocycles. The van der Waals surface area contributed by atoms with Gasteiger partial charge in [0.15, 0.2) is 0 Å². The molecule has 1 N–H and O–H groups in total. The largest absolute Gasteiger partial charge is 0.386 e. The van der Waals surface area contributed by atoms with E-state index in [9.17, 15) is 5.11 Å². The molecule has 0 aromatic rings. The minimum atomic E-state index is -0.627. The van der Waals surface area contributed by atoms with Crippen LogP contribution in [0.15, 0.2) is 0 Å². The standard InChI is InChI=1S/C12H22O2/c1-10(2)9-5-6-11(3,7-9)12(10,13)8-14-4/h9,13H,5-8H2,1-4H3. The van der Waals surface area contributed by atoms with E-state index in [0.29, 0.717) is 12.5 Å². The number of fused-ring (bicyclic) bond motifs is 2. The van der Waals surface area contributed by atoms with E-state index in [-0.39, 0.29) is 10.8 Å². The molecular formula is C12H22O2. The van der Waals surface area contributed by atoms with Crippen LogP contribution in [0, 0.1) is 16.7 Å². The zero-order chi connectivity index (χ0) is 10.6. The Labute approximate surface area is 86.6 Å². The van der Waals surface area contributed by atoms with Gasteiger partial charge in [-0.25, -0.2) is 0 Å². The van der Waals surface area contributed by atoms with Gasteiger partial charge in [-0.15, -0.1) is 0 Å². The predicted molar refractivity (Wildman–Crippen MR) is 56.1 cm³/mol. The fourth-order valence-electron chi connectivity index (χ4n) is 3.92. The molecule has 2 aliphatic carbocycles. The summed E-state index contributed by atoms with van der Waals surface area (Å²) in [5, 5.41) is 10.8. The molecule has 82 valence electrons. The Bertz CT molecular complexity index is 242. The zero-order valence-corrected chi connectivity index (χ0v) is 9.76. The second-order valence-electron chi connectivity index (χ2n) is 6.02. The maximum absolute atomic E-state index is 10.8. The predicted octanol–water partition coefficient (Wildman–Crippen LogP) is 2.21. The summed E-state index contributed by atoms with van der Waals surface area (Å²) in [5.41, 5.74) is -0.537. The number of ether oxygens (including phenoxy) is 1. The van der Waals surface area contributed by atoms with Crippen molar-refractivity contribution in [3.63, 3.8) is 0 Å². The monoisotopic (exact) mass is 198 g/mol. The smallest absolute Gasteiger partial charge is 0.0986 e. The lowest BCUT2D eigenvalue weighted by molar-refractivity contribution is -0.174. The quantitative estimate of drug-likeness (QED) is 0.737. The van der Waals surface area contributed by atoms with E-state index >= 15 is 0 Å². The Balaban J connectivity index is 2.38. The van der Waals surface area contributed by atoms with Crippen LogP contribution in [0.3, 0.4) is 0 Å². The van der Waals surface area contributed by atoms with Crippen molar-refractivity contribution in [1.82, 2.24) is 0 Å². The lowest BCUT2D eigenvalue weighted by Crippen LogP contribution is -2.57. The number of rotatable bonds is 2. The molecule has 2 aliphatic rings. The normalized spacial score (nSPS) is 49.9. The van der Waals surface area contributed by atoms with Crippen LogP contribution in [0.5, 0.6) is 0 Å². The van der Waals surface area contributed by atoms with E-state index < -0.39 is 5.60 Å². The summed E-state index contributed by atoms with van der Waals surface area (Å²) < 4.78 is 5.23. The van der Waals surface area contributed by atoms with Gasteiger partial charge in [-0.1, -0.05) is 20.8 Å². The molecule has 3 unspecified atom stereocenters. The molecule has 0 aliphatic heterocycles. The molecule has 2 nitrogen and oxygen atoms in total. The van der Waals surface area contributed by atoms with Crippen molar-refractivity contribution in [3.8, 4) is 0 Å². The van der Waals surface area contributed by atoms with Crippen LogP contribution in [0.4, 0.5) is 0 Å². The molecule has 3 atom stereocenters. The first-order valence-corrected chi connectivity index (χ1v) is 5.59. The molecule has 14 heavy (non-hydrogen) atoms. The molecule has 2 heteroatoms. The van der Waals surface area contributed by atoms with Crippen LogP contribution in [0.1, 0.15) is 40.0 Å². The first-order chi connectivity index (χ1) is 6.37. The second kappa shape index (κ2) is 2.73. The van der Waals surface area contributed by atoms with Crippen LogP contribution in [-0.2, 0) is 4.74 Å². The fraction of sp³-hybridized carbons (Fsp3) is 1.00. The van der Waals surface area contributed by atoms with Crippen molar-refractivity contribution in [2.45, 2.75) is 45.6 Å². The van der Waals surface area contributed by atoms with E-state index in [1.807, 2.05) is 0 Å². The number of methoxy groups -OCH3 is 1. The molecule has 0 heterocycles. The summed E-state index contributed by atoms with van der Waals surface area (Å²) in [6.07, 6.45) is 3.59. The lowest BCUT2D eigenvalue weighted by atomic mass is 9.61. The molecule has 2 bridgehead atoms. The van der Waals surface area contributed by atoms with E-state index in [0.717, 1.165) is 6.42 Å². The van der Waals surface area contributed by atoms with Crippen molar-refractivity contribution in [2.24, 2.45) is 16.7 Å². The average molecular weight is 198 g/mol. The molecule has 0 amide bonds. The number of hydrogen-bond donors (Lipinski definition) is 1. The number of hydrogen-bond acceptors (Lipinski definition) is 2. The molecule has 0 spiro atoms. The first-order valence-electron chi connectivity index (χ1n) is 5.59. The summed E-state index contributed by atoms with van der Waals surface area (Å²) >= 11 is 0. The highest BCUT2D eigenvalue weighted by Crippen LogP contribution is 2.67. The van der Waals surface area contributed by atoms with Gasteiger partial charge in [0.05, 0.1) is 12.2 Å². The van der Waals surface area contributed by atoms with Gasteiger partial charge in [-0.3, -0.25) is 0 Å². The van der Waals surface area contributed by atoms with Gasteiger partial charge in [-0.05, 0) is 36.0 Å². The lowest BCUT2D eigenvalue weighted by Gasteiger charge is -2.50. The summed E-state index contributed by atoms with van der Waals surface area (Å²) in [4.78, 5) is 0. The Kier molecular flexibility index (Phi) is 2.04. The van der Waals surface area contributed by atoms with Gasteiger partial charge in [0.2, 0.25) is 0 Å². The van der Waals surface area contributed by atoms with Gasteiger partial charge in [0, 0.05) is 7.11 Å². The topological polar surface area (TPSA) is 29.5 Å². The Morgan fingerprint density at radius 2 is 2.00 bits per heavy atom. The minimum absolute atomic E-state index is 0.00993. The van der Waals surface area contributed by atoms with Crippen molar-refractivity contribution >= 4 is 0 Å². The Morgan fingerprint density at radius 3 is 2.43 bits per heavy atom. The molecule has 2 fully saturated rings. The van der Waals surface area contributed by atoms with E-state index in [4.69, 9.17) is 4.74 Å². The number of aliphatic hydroxyl groups is 1. The second-order valence-corrected chi connectivity index (χ2v) is 6.02. The molecule has 2 rings (SSSR count). The molecule has 0 saturated heterocycles. The van der Waals surface area contributed by atoms with Crippen LogP contribution in [-0.4, -0.2) is 24.4 Å². The third kappa shape index (κ3) is 0.938. The molecule has 0 radical (unpaired) electrons. The van der Waals surface area contributed by atoms with Gasteiger partial charge < -0.3 is 9.84 Å². The van der Waals surface area contributed by atoms with Crippen LogP contribution >= 0.6 is 0 Å². The highest BCUT2D eigenvalue weighted by atomic mass is 16.5. The zero-order valence-electron chi connectivity index (χ0n) is 9.76. The summed E-state index contributed by atoms with van der Waals surface area (Å²) in [6, 6.07) is 0. The van der Waals surface area contributed by atoms with E-state index in [1.165, 1.54) is 12.8 Å². The maximum atomic E-state index is 10.8. The SMILES string of the molecule is COCC1(O)C2(C)CCC(C2)C1(C)C. The molecule has 0 aromatic carbocycles. The third-order valence-electron chi connectivity index (χ3n) is 5.18. The van der Waals surface area contributed by atoms with E-state index in [2.05, 4.69) is 20.8 Å². The van der Waals surface area contributed by atoms with Crippen LogP contribution < -0.4 is 0 Å². The third-order valence-corrected chi connectivity index (χ3v) is 5.18. The summed E-state index contributed by atoms with van der Waals surface area (Å²) in [5.74, 6) is 0.674. The van der Waals surface area contributed by atoms with Gasteiger partial charge in [0.25, 0.3) is 0 Å². The Hall–Kier alpha value is -0.0800. The highest BCUT2D eigenvalue weighted by Gasteiger charge is 2.68. The minimum Gasteiger partial charge on any atom is -0.386 e. The first kappa shape index (κ1) is 10.4. The molecule has 0 aromatic heterocycles. The van der Waals surface area contributed by atoms with Gasteiger partial charge in [-0.2, -0.15) is 0 Å². The van der Waals surface area contributed by atoms with Crippen LogP contribution in [0.2, 0.25) is 0 Å². The van der Waals surface area contributed by atoms with Gasteiger partial charge in [0.1, 0.15) is 0 Å². The van der Waals surface area contributed by atoms with Crippen LogP contribution in [0.25, 0.3) is 0 Å². The van der Waals surface area contributed by atoms with Crippen molar-refractivity contribution < 1.29 is 9.84 Å². The Morgan fingerprint density at radius 1 is 1.36 bits per heavy atom. The summed E-state index contributed by atoms with van der Waals surface area (Å²) in [6.45, 7) is 7.09. The summed E-state index contributed by atoms with van der Waals surface area (Å²) in [7, 11) is 1.68. The highest BCUT2D eigenvalue weighted by molar-refractivity contribution is 5.17. The van der Waals surface area contributed by atoms with E-state index in [1.54, 1.807) is 7.11 Å². The fourth-order valence-corrected chi connectivity index (χ4v) is 3.92. The average Bonchev–Trinajstić information content (AvgIpc) is 2.53. The van der Waals surface area contributed by atoms with Crippen molar-refractivity contribution in [2.75, 3.05) is 13.7 Å². The van der Waals surface area contributed by atoms with Crippen molar-refractivity contribution in [1.29, 1.82) is 0 Å². The van der Waals surface area contributed by atoms with Gasteiger partial charge >= 0.3 is 0 Å².